The fourth-order valence-corrected chi connectivity index (χ4v) is 2.60. The first kappa shape index (κ1) is 12.7. The van der Waals surface area contributed by atoms with Crippen molar-refractivity contribution in [3.8, 4) is 11.5 Å². The molecule has 0 spiro atoms. The van der Waals surface area contributed by atoms with Crippen molar-refractivity contribution < 1.29 is 0 Å². The van der Waals surface area contributed by atoms with Crippen molar-refractivity contribution in [2.45, 2.75) is 26.7 Å². The van der Waals surface area contributed by atoms with Crippen molar-refractivity contribution in [2.24, 2.45) is 0 Å². The van der Waals surface area contributed by atoms with Crippen LogP contribution in [0.2, 0.25) is 0 Å². The highest BCUT2D eigenvalue weighted by molar-refractivity contribution is 14.1. The molecule has 90 valence electrons. The van der Waals surface area contributed by atoms with Gasteiger partial charge in [-0.2, -0.15) is 0 Å². The molecule has 0 aromatic carbocycles. The van der Waals surface area contributed by atoms with Gasteiger partial charge >= 0.3 is 0 Å². The topological polar surface area (TPSA) is 64.7 Å². The third-order valence-electron chi connectivity index (χ3n) is 2.28. The van der Waals surface area contributed by atoms with Crippen molar-refractivity contribution in [3.63, 3.8) is 0 Å². The normalized spacial score (nSPS) is 10.8. The van der Waals surface area contributed by atoms with Gasteiger partial charge in [-0.1, -0.05) is 13.3 Å². The molecule has 0 aliphatic rings. The summed E-state index contributed by atoms with van der Waals surface area (Å²) in [7, 11) is 0. The molecule has 0 fully saturated rings. The first-order valence-electron chi connectivity index (χ1n) is 5.36. The minimum absolute atomic E-state index is 0.546. The Kier molecular flexibility index (Phi) is 3.93. The summed E-state index contributed by atoms with van der Waals surface area (Å²) in [5.74, 6) is 1.18. The van der Waals surface area contributed by atoms with E-state index in [1.165, 1.54) is 0 Å². The molecule has 17 heavy (non-hydrogen) atoms. The van der Waals surface area contributed by atoms with Crippen molar-refractivity contribution in [3.05, 3.63) is 19.7 Å². The van der Waals surface area contributed by atoms with Gasteiger partial charge in [-0.05, 0) is 35.9 Å². The summed E-state index contributed by atoms with van der Waals surface area (Å²) in [5.41, 5.74) is 7.74. The van der Waals surface area contributed by atoms with Crippen LogP contribution in [0.25, 0.3) is 11.5 Å². The third kappa shape index (κ3) is 2.74. The monoisotopic (exact) mass is 360 g/mol. The average Bonchev–Trinajstić information content (AvgIpc) is 2.71. The van der Waals surface area contributed by atoms with E-state index in [2.05, 4.69) is 44.5 Å². The number of thiazole rings is 1. The Bertz CT molecular complexity index is 538. The van der Waals surface area contributed by atoms with Crippen LogP contribution >= 0.6 is 33.9 Å². The lowest BCUT2D eigenvalue weighted by atomic mass is 10.2. The standard InChI is InChI=1S/C11H13IN4S/c1-3-4-7-9(12)10(13)16-11(15-7)8-5-17-6(2)14-8/h5H,3-4H2,1-2H3,(H2,13,15,16). The number of rotatable bonds is 3. The first-order chi connectivity index (χ1) is 8.11. The molecule has 2 heterocycles. The zero-order valence-electron chi connectivity index (χ0n) is 9.70. The largest absolute Gasteiger partial charge is 0.383 e. The summed E-state index contributed by atoms with van der Waals surface area (Å²) in [6, 6.07) is 0. The zero-order chi connectivity index (χ0) is 12.4. The summed E-state index contributed by atoms with van der Waals surface area (Å²) in [4.78, 5) is 13.2. The molecular weight excluding hydrogens is 347 g/mol. The highest BCUT2D eigenvalue weighted by atomic mass is 127. The minimum Gasteiger partial charge on any atom is -0.383 e. The fraction of sp³-hybridized carbons (Fsp3) is 0.364. The lowest BCUT2D eigenvalue weighted by Crippen LogP contribution is -2.05. The molecule has 0 aliphatic carbocycles. The number of nitrogens with zero attached hydrogens (tertiary/aromatic N) is 3. The van der Waals surface area contributed by atoms with Gasteiger partial charge in [-0.3, -0.25) is 0 Å². The Morgan fingerprint density at radius 1 is 1.35 bits per heavy atom. The van der Waals surface area contributed by atoms with Crippen LogP contribution < -0.4 is 5.73 Å². The van der Waals surface area contributed by atoms with E-state index in [4.69, 9.17) is 5.73 Å². The van der Waals surface area contributed by atoms with E-state index in [-0.39, 0.29) is 0 Å². The van der Waals surface area contributed by atoms with Gasteiger partial charge < -0.3 is 5.73 Å². The quantitative estimate of drug-likeness (QED) is 0.855. The first-order valence-corrected chi connectivity index (χ1v) is 7.32. The third-order valence-corrected chi connectivity index (χ3v) is 4.23. The maximum atomic E-state index is 5.91. The van der Waals surface area contributed by atoms with Crippen molar-refractivity contribution >= 4 is 39.7 Å². The lowest BCUT2D eigenvalue weighted by Gasteiger charge is -2.06. The van der Waals surface area contributed by atoms with Crippen molar-refractivity contribution in [1.29, 1.82) is 0 Å². The Balaban J connectivity index is 2.48. The van der Waals surface area contributed by atoms with Crippen LogP contribution in [-0.2, 0) is 6.42 Å². The van der Waals surface area contributed by atoms with Gasteiger partial charge in [0.15, 0.2) is 5.82 Å². The molecule has 0 saturated carbocycles. The number of anilines is 1. The van der Waals surface area contributed by atoms with Gasteiger partial charge in [-0.25, -0.2) is 15.0 Å². The maximum Gasteiger partial charge on any atom is 0.181 e. The van der Waals surface area contributed by atoms with E-state index in [0.717, 1.165) is 32.8 Å². The van der Waals surface area contributed by atoms with Gasteiger partial charge in [0.05, 0.1) is 14.3 Å². The number of hydrogen-bond donors (Lipinski definition) is 1. The van der Waals surface area contributed by atoms with E-state index in [0.29, 0.717) is 11.6 Å². The van der Waals surface area contributed by atoms with E-state index < -0.39 is 0 Å². The van der Waals surface area contributed by atoms with Crippen molar-refractivity contribution in [1.82, 2.24) is 15.0 Å². The molecule has 6 heteroatoms. The molecule has 2 aromatic rings. The molecule has 0 radical (unpaired) electrons. The minimum atomic E-state index is 0.546. The van der Waals surface area contributed by atoms with Gasteiger partial charge in [0, 0.05) is 5.38 Å². The van der Waals surface area contributed by atoms with Gasteiger partial charge in [0.2, 0.25) is 0 Å². The summed E-state index contributed by atoms with van der Waals surface area (Å²) < 4.78 is 0.958. The number of aromatic nitrogens is 3. The SMILES string of the molecule is CCCc1nc(-c2csc(C)n2)nc(N)c1I. The number of nitrogen functional groups attached to an aromatic ring is 1. The van der Waals surface area contributed by atoms with E-state index >= 15 is 0 Å². The van der Waals surface area contributed by atoms with Crippen LogP contribution in [0.15, 0.2) is 5.38 Å². The Hall–Kier alpha value is -0.760. The molecular formula is C11H13IN4S. The summed E-state index contributed by atoms with van der Waals surface area (Å²) in [5, 5.41) is 2.98. The van der Waals surface area contributed by atoms with Crippen LogP contribution in [0, 0.1) is 10.5 Å². The lowest BCUT2D eigenvalue weighted by molar-refractivity contribution is 0.868. The molecule has 2 rings (SSSR count). The Morgan fingerprint density at radius 3 is 2.71 bits per heavy atom. The second kappa shape index (κ2) is 5.26. The smallest absolute Gasteiger partial charge is 0.181 e. The van der Waals surface area contributed by atoms with Crippen LogP contribution in [0.5, 0.6) is 0 Å². The van der Waals surface area contributed by atoms with E-state index in [1.54, 1.807) is 11.3 Å². The van der Waals surface area contributed by atoms with Crippen LogP contribution in [-0.4, -0.2) is 15.0 Å². The second-order valence-electron chi connectivity index (χ2n) is 3.69. The highest BCUT2D eigenvalue weighted by Crippen LogP contribution is 2.23. The number of nitrogens with two attached hydrogens (primary N) is 1. The van der Waals surface area contributed by atoms with Crippen LogP contribution in [0.3, 0.4) is 0 Å². The van der Waals surface area contributed by atoms with Gasteiger partial charge in [-0.15, -0.1) is 11.3 Å². The van der Waals surface area contributed by atoms with Crippen molar-refractivity contribution in [2.75, 3.05) is 5.73 Å². The summed E-state index contributed by atoms with van der Waals surface area (Å²) in [6.07, 6.45) is 1.96. The maximum absolute atomic E-state index is 5.91. The molecule has 4 nitrogen and oxygen atoms in total. The number of halogens is 1. The summed E-state index contributed by atoms with van der Waals surface area (Å²) >= 11 is 3.80. The van der Waals surface area contributed by atoms with Gasteiger partial charge in [0.25, 0.3) is 0 Å². The predicted molar refractivity (Wildman–Crippen MR) is 79.0 cm³/mol. The van der Waals surface area contributed by atoms with E-state index in [1.807, 2.05) is 12.3 Å². The molecule has 0 aliphatic heterocycles. The van der Waals surface area contributed by atoms with Crippen LogP contribution in [0.1, 0.15) is 24.0 Å². The molecule has 0 saturated heterocycles. The zero-order valence-corrected chi connectivity index (χ0v) is 12.7. The molecule has 0 amide bonds. The van der Waals surface area contributed by atoms with Gasteiger partial charge in [0.1, 0.15) is 11.5 Å². The van der Waals surface area contributed by atoms with E-state index in [9.17, 15) is 0 Å². The summed E-state index contributed by atoms with van der Waals surface area (Å²) in [6.45, 7) is 4.10. The fourth-order valence-electron chi connectivity index (χ4n) is 1.50. The highest BCUT2D eigenvalue weighted by Gasteiger charge is 2.12. The second-order valence-corrected chi connectivity index (χ2v) is 5.84. The Morgan fingerprint density at radius 2 is 2.12 bits per heavy atom. The molecule has 0 atom stereocenters. The molecule has 2 N–H and O–H groups in total. The predicted octanol–water partition coefficient (Wildman–Crippen LogP) is 3.05. The number of aryl methyl sites for hydroxylation is 2. The molecule has 0 unspecified atom stereocenters. The number of hydrogen-bond acceptors (Lipinski definition) is 5. The Labute approximate surface area is 118 Å². The molecule has 2 aromatic heterocycles. The molecule has 0 bridgehead atoms. The van der Waals surface area contributed by atoms with Crippen LogP contribution in [0.4, 0.5) is 5.82 Å². The average molecular weight is 360 g/mol.